The molecule has 0 aromatic heterocycles. The highest BCUT2D eigenvalue weighted by molar-refractivity contribution is 5.76. The van der Waals surface area contributed by atoms with Crippen molar-refractivity contribution in [3.63, 3.8) is 0 Å². The lowest BCUT2D eigenvalue weighted by molar-refractivity contribution is -0.302. The molecule has 0 aromatic rings. The van der Waals surface area contributed by atoms with Crippen LogP contribution in [0.4, 0.5) is 0 Å². The fourth-order valence-electron chi connectivity index (χ4n) is 6.81. The van der Waals surface area contributed by atoms with Gasteiger partial charge in [-0.3, -0.25) is 4.79 Å². The minimum absolute atomic E-state index is 0.134. The number of amides is 1. The largest absolute Gasteiger partial charge is 0.394 e. The second kappa shape index (κ2) is 31.9. The zero-order valence-corrected chi connectivity index (χ0v) is 31.7. The molecule has 1 amide bonds. The maximum absolute atomic E-state index is 12.9. The van der Waals surface area contributed by atoms with Gasteiger partial charge in [-0.05, 0) is 12.8 Å². The van der Waals surface area contributed by atoms with Gasteiger partial charge in [-0.1, -0.05) is 174 Å². The number of rotatable bonds is 34. The van der Waals surface area contributed by atoms with E-state index in [0.717, 1.165) is 38.5 Å². The van der Waals surface area contributed by atoms with E-state index < -0.39 is 49.5 Å². The van der Waals surface area contributed by atoms with Crippen molar-refractivity contribution in [2.45, 2.75) is 236 Å². The first kappa shape index (κ1) is 46.2. The highest BCUT2D eigenvalue weighted by Crippen LogP contribution is 2.23. The van der Waals surface area contributed by atoms with E-state index in [2.05, 4.69) is 19.2 Å². The minimum Gasteiger partial charge on any atom is -0.394 e. The fourth-order valence-corrected chi connectivity index (χ4v) is 6.81. The van der Waals surface area contributed by atoms with Crippen LogP contribution in [-0.2, 0) is 14.3 Å². The van der Waals surface area contributed by atoms with Gasteiger partial charge in [0, 0.05) is 6.42 Å². The van der Waals surface area contributed by atoms with Crippen molar-refractivity contribution in [3.8, 4) is 0 Å². The zero-order valence-electron chi connectivity index (χ0n) is 31.7. The second-order valence-electron chi connectivity index (χ2n) is 14.8. The molecule has 1 rings (SSSR count). The Labute approximate surface area is 300 Å². The third kappa shape index (κ3) is 23.4. The first-order chi connectivity index (χ1) is 23.8. The van der Waals surface area contributed by atoms with Crippen molar-refractivity contribution < 1.29 is 39.8 Å². The van der Waals surface area contributed by atoms with Gasteiger partial charge in [-0.25, -0.2) is 0 Å². The average molecular weight is 702 g/mol. The maximum Gasteiger partial charge on any atom is 0.220 e. The van der Waals surface area contributed by atoms with E-state index in [0.29, 0.717) is 12.8 Å². The summed E-state index contributed by atoms with van der Waals surface area (Å²) in [6, 6.07) is -0.708. The first-order valence-corrected chi connectivity index (χ1v) is 20.7. The van der Waals surface area contributed by atoms with Gasteiger partial charge >= 0.3 is 0 Å². The zero-order chi connectivity index (χ0) is 36.0. The molecular weight excluding hydrogens is 622 g/mol. The van der Waals surface area contributed by atoms with Crippen LogP contribution >= 0.6 is 0 Å². The number of aliphatic hydroxyl groups is 5. The summed E-state index contributed by atoms with van der Waals surface area (Å²) in [5, 5.41) is 53.9. The van der Waals surface area contributed by atoms with E-state index >= 15 is 0 Å². The van der Waals surface area contributed by atoms with Crippen molar-refractivity contribution >= 4 is 5.91 Å². The van der Waals surface area contributed by atoms with Gasteiger partial charge in [0.25, 0.3) is 0 Å². The smallest absolute Gasteiger partial charge is 0.220 e. The molecule has 0 aromatic carbocycles. The molecule has 1 aliphatic heterocycles. The van der Waals surface area contributed by atoms with E-state index in [1.54, 1.807) is 0 Å². The van der Waals surface area contributed by atoms with Crippen molar-refractivity contribution in [2.75, 3.05) is 13.2 Å². The summed E-state index contributed by atoms with van der Waals surface area (Å²) < 4.78 is 11.2. The van der Waals surface area contributed by atoms with Crippen LogP contribution in [0.3, 0.4) is 0 Å². The molecule has 292 valence electrons. The summed E-state index contributed by atoms with van der Waals surface area (Å²) >= 11 is 0. The van der Waals surface area contributed by atoms with Crippen LogP contribution in [0.25, 0.3) is 0 Å². The van der Waals surface area contributed by atoms with Crippen LogP contribution in [0.1, 0.15) is 194 Å². The molecule has 49 heavy (non-hydrogen) atoms. The molecule has 1 saturated heterocycles. The van der Waals surface area contributed by atoms with Crippen molar-refractivity contribution in [2.24, 2.45) is 0 Å². The normalized spacial score (nSPS) is 22.3. The molecule has 7 unspecified atom stereocenters. The molecule has 9 nitrogen and oxygen atoms in total. The third-order valence-corrected chi connectivity index (χ3v) is 10.2. The third-order valence-electron chi connectivity index (χ3n) is 10.2. The lowest BCUT2D eigenvalue weighted by Crippen LogP contribution is -2.60. The molecular formula is C40H79NO8. The van der Waals surface area contributed by atoms with Crippen molar-refractivity contribution in [1.82, 2.24) is 5.32 Å². The number of aliphatic hydroxyl groups excluding tert-OH is 5. The molecule has 0 saturated carbocycles. The van der Waals surface area contributed by atoms with E-state index in [-0.39, 0.29) is 12.5 Å². The van der Waals surface area contributed by atoms with Crippen molar-refractivity contribution in [3.05, 3.63) is 0 Å². The molecule has 0 radical (unpaired) electrons. The van der Waals surface area contributed by atoms with E-state index in [4.69, 9.17) is 9.47 Å². The maximum atomic E-state index is 12.9. The van der Waals surface area contributed by atoms with Gasteiger partial charge in [-0.15, -0.1) is 0 Å². The van der Waals surface area contributed by atoms with E-state index in [1.165, 1.54) is 128 Å². The molecule has 0 bridgehead atoms. The number of ether oxygens (including phenoxy) is 2. The van der Waals surface area contributed by atoms with Gasteiger partial charge in [0.15, 0.2) is 6.29 Å². The average Bonchev–Trinajstić information content (AvgIpc) is 3.10. The van der Waals surface area contributed by atoms with E-state index in [9.17, 15) is 30.3 Å². The second-order valence-corrected chi connectivity index (χ2v) is 14.8. The molecule has 9 heteroatoms. The van der Waals surface area contributed by atoms with Gasteiger partial charge in [0.1, 0.15) is 24.4 Å². The summed E-state index contributed by atoms with van der Waals surface area (Å²) in [6.45, 7) is 3.78. The van der Waals surface area contributed by atoms with E-state index in [1.807, 2.05) is 0 Å². The Bertz CT molecular complexity index is 741. The Kier molecular flexibility index (Phi) is 30.1. The highest BCUT2D eigenvalue weighted by atomic mass is 16.7. The molecule has 0 spiro atoms. The number of carbonyl (C=O) groups is 1. The Morgan fingerprint density at radius 3 is 1.45 bits per heavy atom. The predicted octanol–water partition coefficient (Wildman–Crippen LogP) is 7.61. The quantitative estimate of drug-likeness (QED) is 0.0376. The van der Waals surface area contributed by atoms with Gasteiger partial charge in [0.05, 0.1) is 25.4 Å². The first-order valence-electron chi connectivity index (χ1n) is 20.7. The van der Waals surface area contributed by atoms with Gasteiger partial charge in [0.2, 0.25) is 5.91 Å². The highest BCUT2D eigenvalue weighted by Gasteiger charge is 2.44. The molecule has 7 atom stereocenters. The summed E-state index contributed by atoms with van der Waals surface area (Å²) in [4.78, 5) is 12.9. The Morgan fingerprint density at radius 2 is 1.02 bits per heavy atom. The lowest BCUT2D eigenvalue weighted by atomic mass is 9.99. The van der Waals surface area contributed by atoms with Crippen LogP contribution in [0, 0.1) is 0 Å². The van der Waals surface area contributed by atoms with Crippen LogP contribution in [0.2, 0.25) is 0 Å². The molecule has 1 aliphatic rings. The monoisotopic (exact) mass is 702 g/mol. The standard InChI is InChI=1S/C40H79NO8/c1-3-5-7-9-11-12-13-14-15-16-17-18-19-20-21-22-24-26-28-30-36(44)41-33(34(43)29-27-25-23-10-8-6-4-2)32-48-40-39(47)38(46)37(45)35(31-42)49-40/h33-35,37-40,42-43,45-47H,3-32H2,1-2H3,(H,41,44). The number of nitrogens with one attached hydrogen (secondary N) is 1. The minimum atomic E-state index is -1.55. The van der Waals surface area contributed by atoms with Crippen LogP contribution in [0.15, 0.2) is 0 Å². The Hall–Kier alpha value is -0.810. The number of carbonyl (C=O) groups excluding carboxylic acids is 1. The number of hydrogen-bond donors (Lipinski definition) is 6. The van der Waals surface area contributed by atoms with Crippen LogP contribution in [0.5, 0.6) is 0 Å². The van der Waals surface area contributed by atoms with Crippen LogP contribution < -0.4 is 5.32 Å². The Morgan fingerprint density at radius 1 is 0.612 bits per heavy atom. The summed E-state index contributed by atoms with van der Waals surface area (Å²) in [5.74, 6) is -0.145. The number of unbranched alkanes of at least 4 members (excludes halogenated alkanes) is 24. The Balaban J connectivity index is 2.25. The summed E-state index contributed by atoms with van der Waals surface area (Å²) in [7, 11) is 0. The lowest BCUT2D eigenvalue weighted by Gasteiger charge is -2.40. The topological polar surface area (TPSA) is 149 Å². The fraction of sp³-hybridized carbons (Fsp3) is 0.975. The summed E-state index contributed by atoms with van der Waals surface area (Å²) in [6.07, 6.45) is 25.6. The molecule has 0 aliphatic carbocycles. The van der Waals surface area contributed by atoms with Gasteiger partial charge in [-0.2, -0.15) is 0 Å². The molecule has 6 N–H and O–H groups in total. The SMILES string of the molecule is CCCCCCCCCCCCCCCCCCCCCC(=O)NC(COC1OC(CO)C(O)C(O)C1O)C(O)CCCCCCCCC. The molecule has 1 heterocycles. The van der Waals surface area contributed by atoms with Crippen molar-refractivity contribution in [1.29, 1.82) is 0 Å². The predicted molar refractivity (Wildman–Crippen MR) is 198 cm³/mol. The summed E-state index contributed by atoms with van der Waals surface area (Å²) in [5.41, 5.74) is 0. The van der Waals surface area contributed by atoms with Crippen LogP contribution in [-0.4, -0.2) is 87.5 Å². The van der Waals surface area contributed by atoms with Gasteiger partial charge < -0.3 is 40.3 Å². The molecule has 1 fully saturated rings. The number of hydrogen-bond acceptors (Lipinski definition) is 8.